The van der Waals surface area contributed by atoms with Gasteiger partial charge in [-0.25, -0.2) is 9.59 Å². The van der Waals surface area contributed by atoms with Gasteiger partial charge in [0.05, 0.1) is 18.0 Å². The van der Waals surface area contributed by atoms with E-state index in [4.69, 9.17) is 4.74 Å². The Hall–Kier alpha value is -2.90. The lowest BCUT2D eigenvalue weighted by atomic mass is 9.85. The second-order valence-corrected chi connectivity index (χ2v) is 7.55. The van der Waals surface area contributed by atoms with Crippen LogP contribution in [0.5, 0.6) is 0 Å². The number of likely N-dealkylation sites (tertiary alicyclic amines) is 1. The van der Waals surface area contributed by atoms with Crippen LogP contribution in [0.1, 0.15) is 32.1 Å². The topological polar surface area (TPSA) is 101 Å². The number of nitrogens with one attached hydrogen (secondary N) is 1. The molecule has 148 valence electrons. The summed E-state index contributed by atoms with van der Waals surface area (Å²) in [6, 6.07) is 5.99. The first-order valence-corrected chi connectivity index (χ1v) is 9.62. The first-order valence-electron chi connectivity index (χ1n) is 9.62. The number of rotatable bonds is 3. The van der Waals surface area contributed by atoms with Crippen LogP contribution in [0.3, 0.4) is 0 Å². The van der Waals surface area contributed by atoms with E-state index >= 15 is 0 Å². The lowest BCUT2D eigenvalue weighted by Crippen LogP contribution is -2.50. The van der Waals surface area contributed by atoms with Crippen molar-refractivity contribution in [3.8, 4) is 0 Å². The van der Waals surface area contributed by atoms with Crippen molar-refractivity contribution in [2.45, 2.75) is 50.7 Å². The summed E-state index contributed by atoms with van der Waals surface area (Å²) in [5.41, 5.74) is -0.713. The van der Waals surface area contributed by atoms with Crippen molar-refractivity contribution in [1.29, 1.82) is 0 Å². The Kier molecular flexibility index (Phi) is 4.78. The van der Waals surface area contributed by atoms with Gasteiger partial charge in [-0.15, -0.1) is 0 Å². The number of nitrogens with zero attached hydrogens (tertiary/aromatic N) is 2. The van der Waals surface area contributed by atoms with E-state index < -0.39 is 35.7 Å². The minimum atomic E-state index is -0.652. The maximum Gasteiger partial charge on any atom is 0.329 e. The van der Waals surface area contributed by atoms with Crippen molar-refractivity contribution < 1.29 is 14.3 Å². The minimum Gasteiger partial charge on any atom is -0.467 e. The number of fused-ring (bicyclic) bond motifs is 2. The highest BCUT2D eigenvalue weighted by molar-refractivity contribution is 5.86. The molecule has 0 bridgehead atoms. The van der Waals surface area contributed by atoms with Crippen molar-refractivity contribution in [2.75, 3.05) is 7.11 Å². The quantitative estimate of drug-likeness (QED) is 0.795. The van der Waals surface area contributed by atoms with Crippen LogP contribution in [0.4, 0.5) is 0 Å². The number of benzene rings is 1. The van der Waals surface area contributed by atoms with E-state index in [0.717, 1.165) is 30.3 Å². The number of hydrogen-bond donors (Lipinski definition) is 1. The van der Waals surface area contributed by atoms with E-state index in [2.05, 4.69) is 4.98 Å². The average Bonchev–Trinajstić information content (AvgIpc) is 3.10. The zero-order chi connectivity index (χ0) is 19.8. The summed E-state index contributed by atoms with van der Waals surface area (Å²) in [6.45, 7) is -0.393. The Morgan fingerprint density at radius 1 is 1.18 bits per heavy atom. The van der Waals surface area contributed by atoms with Crippen LogP contribution in [0.15, 0.2) is 33.9 Å². The number of amides is 1. The summed E-state index contributed by atoms with van der Waals surface area (Å²) < 4.78 is 5.82. The molecule has 2 aliphatic rings. The van der Waals surface area contributed by atoms with Crippen LogP contribution < -0.4 is 11.2 Å². The standard InChI is InChI=1S/C20H23N3O5/c1-28-19(26)16-10-12-6-2-5-9-15(12)23(16)17(24)11-22-18(25)13-7-3-4-8-14(13)21-20(22)27/h3-4,7-8,12,15-16H,2,5-6,9-11H2,1H3,(H,21,27). The number of para-hydroxylation sites is 1. The largest absolute Gasteiger partial charge is 0.467 e. The van der Waals surface area contributed by atoms with Gasteiger partial charge in [-0.1, -0.05) is 25.0 Å². The van der Waals surface area contributed by atoms with Crippen LogP contribution >= 0.6 is 0 Å². The molecule has 2 aromatic rings. The third kappa shape index (κ3) is 3.02. The summed E-state index contributed by atoms with van der Waals surface area (Å²) in [7, 11) is 1.31. The molecule has 0 radical (unpaired) electrons. The molecule has 8 nitrogen and oxygen atoms in total. The monoisotopic (exact) mass is 385 g/mol. The van der Waals surface area contributed by atoms with Gasteiger partial charge in [0.2, 0.25) is 5.91 Å². The summed E-state index contributed by atoms with van der Waals surface area (Å²) in [4.78, 5) is 54.8. The van der Waals surface area contributed by atoms with Crippen molar-refractivity contribution >= 4 is 22.8 Å². The molecule has 4 rings (SSSR count). The Labute approximate surface area is 161 Å². The fourth-order valence-electron chi connectivity index (χ4n) is 4.72. The molecule has 1 saturated heterocycles. The number of ether oxygens (including phenoxy) is 1. The summed E-state index contributed by atoms with van der Waals surface area (Å²) in [5.74, 6) is -0.580. The van der Waals surface area contributed by atoms with Crippen LogP contribution in [0.2, 0.25) is 0 Å². The maximum absolute atomic E-state index is 13.1. The second kappa shape index (κ2) is 7.26. The average molecular weight is 385 g/mol. The summed E-state index contributed by atoms with van der Waals surface area (Å²) in [6.07, 6.45) is 4.45. The number of esters is 1. The van der Waals surface area contributed by atoms with E-state index in [1.165, 1.54) is 7.11 Å². The molecule has 1 amide bonds. The molecular weight excluding hydrogens is 362 g/mol. The van der Waals surface area contributed by atoms with Gasteiger partial charge in [-0.05, 0) is 37.3 Å². The summed E-state index contributed by atoms with van der Waals surface area (Å²) in [5, 5.41) is 0.344. The third-order valence-corrected chi connectivity index (χ3v) is 6.03. The number of aromatic amines is 1. The molecule has 1 aliphatic carbocycles. The maximum atomic E-state index is 13.1. The van der Waals surface area contributed by atoms with Gasteiger partial charge in [0.15, 0.2) is 0 Å². The fourth-order valence-corrected chi connectivity index (χ4v) is 4.72. The van der Waals surface area contributed by atoms with E-state index in [1.54, 1.807) is 29.2 Å². The smallest absolute Gasteiger partial charge is 0.329 e. The van der Waals surface area contributed by atoms with E-state index in [0.29, 0.717) is 17.3 Å². The molecule has 1 N–H and O–H groups in total. The molecule has 0 spiro atoms. The van der Waals surface area contributed by atoms with Gasteiger partial charge in [0.25, 0.3) is 5.56 Å². The number of aromatic nitrogens is 2. The van der Waals surface area contributed by atoms with Crippen molar-refractivity contribution in [3.63, 3.8) is 0 Å². The molecule has 2 fully saturated rings. The second-order valence-electron chi connectivity index (χ2n) is 7.55. The first-order chi connectivity index (χ1) is 13.5. The lowest BCUT2D eigenvalue weighted by Gasteiger charge is -2.33. The zero-order valence-corrected chi connectivity index (χ0v) is 15.7. The summed E-state index contributed by atoms with van der Waals surface area (Å²) >= 11 is 0. The Morgan fingerprint density at radius 3 is 2.71 bits per heavy atom. The van der Waals surface area contributed by atoms with Gasteiger partial charge < -0.3 is 14.6 Å². The Bertz CT molecular complexity index is 1040. The van der Waals surface area contributed by atoms with Gasteiger partial charge in [0, 0.05) is 6.04 Å². The molecule has 1 aromatic carbocycles. The predicted octanol–water partition coefficient (Wildman–Crippen LogP) is 1.02. The van der Waals surface area contributed by atoms with Crippen LogP contribution in [0, 0.1) is 5.92 Å². The number of hydrogen-bond acceptors (Lipinski definition) is 5. The zero-order valence-electron chi connectivity index (χ0n) is 15.7. The minimum absolute atomic E-state index is 0.0411. The molecule has 28 heavy (non-hydrogen) atoms. The molecule has 2 heterocycles. The van der Waals surface area contributed by atoms with Crippen LogP contribution in [-0.2, 0) is 20.9 Å². The predicted molar refractivity (Wildman–Crippen MR) is 102 cm³/mol. The van der Waals surface area contributed by atoms with Gasteiger partial charge in [-0.2, -0.15) is 0 Å². The normalized spacial score (nSPS) is 24.2. The van der Waals surface area contributed by atoms with E-state index in [9.17, 15) is 19.2 Å². The highest BCUT2D eigenvalue weighted by Gasteiger charge is 2.47. The van der Waals surface area contributed by atoms with Crippen molar-refractivity contribution in [3.05, 3.63) is 45.1 Å². The fraction of sp³-hybridized carbons (Fsp3) is 0.500. The molecule has 3 unspecified atom stereocenters. The number of carbonyl (C=O) groups excluding carboxylic acids is 2. The van der Waals surface area contributed by atoms with Gasteiger partial charge in [0.1, 0.15) is 12.6 Å². The highest BCUT2D eigenvalue weighted by Crippen LogP contribution is 2.40. The van der Waals surface area contributed by atoms with Gasteiger partial charge in [-0.3, -0.25) is 14.2 Å². The highest BCUT2D eigenvalue weighted by atomic mass is 16.5. The van der Waals surface area contributed by atoms with Crippen molar-refractivity contribution in [1.82, 2.24) is 14.5 Å². The van der Waals surface area contributed by atoms with Gasteiger partial charge >= 0.3 is 11.7 Å². The van der Waals surface area contributed by atoms with Crippen molar-refractivity contribution in [2.24, 2.45) is 5.92 Å². The lowest BCUT2D eigenvalue weighted by molar-refractivity contribution is -0.152. The molecule has 8 heteroatoms. The molecule has 3 atom stereocenters. The van der Waals surface area contributed by atoms with E-state index in [1.807, 2.05) is 0 Å². The SMILES string of the molecule is COC(=O)C1CC2CCCCC2N1C(=O)Cn1c(=O)[nH]c2ccccc2c1=O. The molecule has 1 aromatic heterocycles. The number of methoxy groups -OCH3 is 1. The Balaban J connectivity index is 1.69. The first kappa shape index (κ1) is 18.5. The van der Waals surface area contributed by atoms with Crippen LogP contribution in [-0.4, -0.2) is 45.5 Å². The van der Waals surface area contributed by atoms with Crippen LogP contribution in [0.25, 0.3) is 10.9 Å². The molecule has 1 aliphatic heterocycles. The molecular formula is C20H23N3O5. The Morgan fingerprint density at radius 2 is 1.93 bits per heavy atom. The molecule has 1 saturated carbocycles. The number of H-pyrrole nitrogens is 1. The third-order valence-electron chi connectivity index (χ3n) is 6.03. The van der Waals surface area contributed by atoms with E-state index in [-0.39, 0.29) is 12.0 Å². The number of carbonyl (C=O) groups is 2.